The molecule has 0 unspecified atom stereocenters. The maximum atomic E-state index is 6.09. The summed E-state index contributed by atoms with van der Waals surface area (Å²) in [5, 5.41) is 15.0. The van der Waals surface area contributed by atoms with Crippen LogP contribution >= 0.6 is 34.5 Å². The Morgan fingerprint density at radius 3 is 2.74 bits per heavy atom. The predicted molar refractivity (Wildman–Crippen MR) is 90.2 cm³/mol. The highest BCUT2D eigenvalue weighted by Crippen LogP contribution is 2.31. The predicted octanol–water partition coefficient (Wildman–Crippen LogP) is 2.99. The number of fused-ring (bicyclic) bond motifs is 1. The molecule has 1 aliphatic rings. The molecule has 0 atom stereocenters. The molecule has 0 aliphatic carbocycles. The second-order valence-corrected chi connectivity index (χ2v) is 7.01. The van der Waals surface area contributed by atoms with Gasteiger partial charge in [-0.3, -0.25) is 4.90 Å². The van der Waals surface area contributed by atoms with E-state index in [4.69, 9.17) is 27.9 Å². The molecule has 0 bridgehead atoms. The molecule has 23 heavy (non-hydrogen) atoms. The first-order valence-corrected chi connectivity index (χ1v) is 8.74. The van der Waals surface area contributed by atoms with Gasteiger partial charge in [-0.2, -0.15) is 9.61 Å². The molecule has 1 aliphatic heterocycles. The van der Waals surface area contributed by atoms with Crippen molar-refractivity contribution < 1.29 is 4.74 Å². The first-order valence-electron chi connectivity index (χ1n) is 7.17. The average molecular weight is 370 g/mol. The Morgan fingerprint density at radius 2 is 1.96 bits per heavy atom. The lowest BCUT2D eigenvalue weighted by molar-refractivity contribution is 0.0328. The van der Waals surface area contributed by atoms with Gasteiger partial charge < -0.3 is 4.74 Å². The van der Waals surface area contributed by atoms with Gasteiger partial charge in [-0.15, -0.1) is 10.2 Å². The summed E-state index contributed by atoms with van der Waals surface area (Å²) < 4.78 is 7.17. The number of nitrogens with zero attached hydrogens (tertiary/aromatic N) is 5. The molecular formula is C14H13Cl2N5OS. The van der Waals surface area contributed by atoms with Crippen LogP contribution in [0.1, 0.15) is 5.82 Å². The van der Waals surface area contributed by atoms with E-state index in [1.54, 1.807) is 10.6 Å². The minimum Gasteiger partial charge on any atom is -0.379 e. The Kier molecular flexibility index (Phi) is 4.21. The Morgan fingerprint density at radius 1 is 1.13 bits per heavy atom. The molecule has 1 fully saturated rings. The smallest absolute Gasteiger partial charge is 0.235 e. The van der Waals surface area contributed by atoms with Crippen molar-refractivity contribution in [2.24, 2.45) is 0 Å². The maximum absolute atomic E-state index is 6.09. The highest BCUT2D eigenvalue weighted by molar-refractivity contribution is 7.19. The largest absolute Gasteiger partial charge is 0.379 e. The van der Waals surface area contributed by atoms with Crippen LogP contribution in [0.3, 0.4) is 0 Å². The molecule has 3 aromatic rings. The standard InChI is InChI=1S/C14H13Cl2N5OS/c15-10-2-1-9(7-11(10)16)13-19-21-12(17-18-14(21)23-13)8-20-3-5-22-6-4-20/h1-2,7H,3-6,8H2. The van der Waals surface area contributed by atoms with Crippen molar-refractivity contribution in [1.82, 2.24) is 24.7 Å². The first-order chi connectivity index (χ1) is 11.2. The van der Waals surface area contributed by atoms with Crippen LogP contribution in [0.2, 0.25) is 10.0 Å². The van der Waals surface area contributed by atoms with E-state index >= 15 is 0 Å². The molecule has 4 rings (SSSR count). The molecule has 6 nitrogen and oxygen atoms in total. The lowest BCUT2D eigenvalue weighted by atomic mass is 10.2. The second kappa shape index (κ2) is 6.33. The molecule has 0 N–H and O–H groups in total. The first kappa shape index (κ1) is 15.3. The number of hydrogen-bond acceptors (Lipinski definition) is 6. The summed E-state index contributed by atoms with van der Waals surface area (Å²) in [5.41, 5.74) is 0.923. The normalized spacial score (nSPS) is 16.3. The summed E-state index contributed by atoms with van der Waals surface area (Å²) in [6.07, 6.45) is 0. The molecule has 0 saturated carbocycles. The third-order valence-electron chi connectivity index (χ3n) is 3.69. The van der Waals surface area contributed by atoms with Crippen molar-refractivity contribution in [3.8, 4) is 10.6 Å². The topological polar surface area (TPSA) is 55.5 Å². The van der Waals surface area contributed by atoms with Gasteiger partial charge in [-0.25, -0.2) is 0 Å². The van der Waals surface area contributed by atoms with Crippen molar-refractivity contribution in [3.63, 3.8) is 0 Å². The molecule has 9 heteroatoms. The highest BCUT2D eigenvalue weighted by atomic mass is 35.5. The van der Waals surface area contributed by atoms with Gasteiger partial charge in [0.25, 0.3) is 0 Å². The van der Waals surface area contributed by atoms with Gasteiger partial charge in [0, 0.05) is 18.7 Å². The fourth-order valence-corrected chi connectivity index (χ4v) is 3.61. The number of halogens is 2. The van der Waals surface area contributed by atoms with E-state index in [2.05, 4.69) is 20.2 Å². The molecule has 1 aromatic carbocycles. The highest BCUT2D eigenvalue weighted by Gasteiger charge is 2.17. The average Bonchev–Trinajstić information content (AvgIpc) is 3.13. The number of benzene rings is 1. The molecule has 1 saturated heterocycles. The molecular weight excluding hydrogens is 357 g/mol. The summed E-state index contributed by atoms with van der Waals surface area (Å²) in [6, 6.07) is 5.50. The zero-order valence-corrected chi connectivity index (χ0v) is 14.4. The zero-order chi connectivity index (χ0) is 15.8. The van der Waals surface area contributed by atoms with E-state index in [1.807, 2.05) is 12.1 Å². The molecule has 2 aromatic heterocycles. The quantitative estimate of drug-likeness (QED) is 0.710. The molecule has 3 heterocycles. The van der Waals surface area contributed by atoms with Gasteiger partial charge in [0.1, 0.15) is 5.01 Å². The van der Waals surface area contributed by atoms with Crippen molar-refractivity contribution in [3.05, 3.63) is 34.1 Å². The van der Waals surface area contributed by atoms with E-state index < -0.39 is 0 Å². The lowest BCUT2D eigenvalue weighted by Gasteiger charge is -2.25. The third kappa shape index (κ3) is 3.07. The summed E-state index contributed by atoms with van der Waals surface area (Å²) in [6.45, 7) is 4.04. The molecule has 120 valence electrons. The Labute approximate surface area is 146 Å². The van der Waals surface area contributed by atoms with Crippen LogP contribution in [0.25, 0.3) is 15.5 Å². The number of hydrogen-bond donors (Lipinski definition) is 0. The SMILES string of the molecule is Clc1ccc(-c2nn3c(CN4CCOCC4)nnc3s2)cc1Cl. The van der Waals surface area contributed by atoms with E-state index in [0.717, 1.165) is 54.2 Å². The van der Waals surface area contributed by atoms with E-state index in [9.17, 15) is 0 Å². The van der Waals surface area contributed by atoms with E-state index in [0.29, 0.717) is 10.0 Å². The van der Waals surface area contributed by atoms with Crippen molar-refractivity contribution in [2.75, 3.05) is 26.3 Å². The number of morpholine rings is 1. The van der Waals surface area contributed by atoms with Crippen LogP contribution in [0, 0.1) is 0 Å². The summed E-state index contributed by atoms with van der Waals surface area (Å²) in [7, 11) is 0. The van der Waals surface area contributed by atoms with Crippen LogP contribution in [-0.2, 0) is 11.3 Å². The number of aromatic nitrogens is 4. The lowest BCUT2D eigenvalue weighted by Crippen LogP contribution is -2.36. The minimum absolute atomic E-state index is 0.517. The van der Waals surface area contributed by atoms with Crippen LogP contribution in [0.15, 0.2) is 18.2 Å². The van der Waals surface area contributed by atoms with Gasteiger partial charge in [-0.05, 0) is 12.1 Å². The van der Waals surface area contributed by atoms with Crippen molar-refractivity contribution >= 4 is 39.5 Å². The van der Waals surface area contributed by atoms with Crippen LogP contribution < -0.4 is 0 Å². The van der Waals surface area contributed by atoms with Gasteiger partial charge >= 0.3 is 0 Å². The zero-order valence-electron chi connectivity index (χ0n) is 12.1. The van der Waals surface area contributed by atoms with Crippen molar-refractivity contribution in [2.45, 2.75) is 6.54 Å². The van der Waals surface area contributed by atoms with Crippen LogP contribution in [-0.4, -0.2) is 51.0 Å². The van der Waals surface area contributed by atoms with Gasteiger partial charge in [0.05, 0.1) is 29.8 Å². The van der Waals surface area contributed by atoms with Gasteiger partial charge in [0.15, 0.2) is 5.82 Å². The number of ether oxygens (including phenoxy) is 1. The number of rotatable bonds is 3. The summed E-state index contributed by atoms with van der Waals surface area (Å²) in [5.74, 6) is 0.837. The minimum atomic E-state index is 0.517. The van der Waals surface area contributed by atoms with Crippen molar-refractivity contribution in [1.29, 1.82) is 0 Å². The Bertz CT molecular complexity index is 843. The van der Waals surface area contributed by atoms with Gasteiger partial charge in [-0.1, -0.05) is 40.6 Å². The molecule has 0 spiro atoms. The molecule has 0 amide bonds. The Hall–Kier alpha value is -1.25. The van der Waals surface area contributed by atoms with E-state index in [-0.39, 0.29) is 0 Å². The fourth-order valence-electron chi connectivity index (χ4n) is 2.46. The van der Waals surface area contributed by atoms with Crippen LogP contribution in [0.5, 0.6) is 0 Å². The maximum Gasteiger partial charge on any atom is 0.235 e. The van der Waals surface area contributed by atoms with E-state index in [1.165, 1.54) is 11.3 Å². The Balaban J connectivity index is 1.64. The second-order valence-electron chi connectivity index (χ2n) is 5.24. The summed E-state index contributed by atoms with van der Waals surface area (Å²) >= 11 is 13.5. The third-order valence-corrected chi connectivity index (χ3v) is 5.38. The monoisotopic (exact) mass is 369 g/mol. The fraction of sp³-hybridized carbons (Fsp3) is 0.357. The molecule has 0 radical (unpaired) electrons. The van der Waals surface area contributed by atoms with Gasteiger partial charge in [0.2, 0.25) is 4.96 Å². The summed E-state index contributed by atoms with van der Waals surface area (Å²) in [4.78, 5) is 3.06. The van der Waals surface area contributed by atoms with Crippen LogP contribution in [0.4, 0.5) is 0 Å².